The van der Waals surface area contributed by atoms with Crippen molar-refractivity contribution in [2.24, 2.45) is 5.41 Å². The third-order valence-electron chi connectivity index (χ3n) is 5.43. The summed E-state index contributed by atoms with van der Waals surface area (Å²) < 4.78 is 0. The van der Waals surface area contributed by atoms with Crippen molar-refractivity contribution in [3.63, 3.8) is 0 Å². The molecule has 1 fully saturated rings. The number of β-amino-alcohol motifs (C(OH)–C–C–N with tert-alkyl or cyclic N) is 1. The number of likely N-dealkylation sites (tertiary alicyclic amines) is 1. The van der Waals surface area contributed by atoms with Gasteiger partial charge in [-0.1, -0.05) is 49.2 Å². The predicted octanol–water partition coefficient (Wildman–Crippen LogP) is 3.48. The molecule has 134 valence electrons. The zero-order chi connectivity index (χ0) is 18.0. The van der Waals surface area contributed by atoms with E-state index in [0.717, 1.165) is 23.6 Å². The van der Waals surface area contributed by atoms with E-state index < -0.39 is 11.5 Å². The van der Waals surface area contributed by atoms with Gasteiger partial charge in [0, 0.05) is 34.5 Å². The average Bonchev–Trinajstić information content (AvgIpc) is 2.63. The van der Waals surface area contributed by atoms with Crippen molar-refractivity contribution in [3.05, 3.63) is 47.0 Å². The molecule has 1 heterocycles. The lowest BCUT2D eigenvalue weighted by Crippen LogP contribution is -2.54. The number of rotatable bonds is 4. The van der Waals surface area contributed by atoms with Gasteiger partial charge in [0.1, 0.15) is 0 Å². The number of aliphatic hydroxyl groups excluding tert-OH is 2. The van der Waals surface area contributed by atoms with Crippen LogP contribution in [0.5, 0.6) is 0 Å². The first-order chi connectivity index (χ1) is 12.0. The summed E-state index contributed by atoms with van der Waals surface area (Å²) in [7, 11) is 0. The standard InChI is InChI=1S/C20H24ClNO3/c1-2-9-20(13-23)10-11-22(12-18(20)24)19(25)16-7-3-6-15-14(16)5-4-8-17(15)21/h3-8,18,23-24H,2,9-13H2,1H3/t18-,20-/m1/s1. The van der Waals surface area contributed by atoms with Gasteiger partial charge in [0.25, 0.3) is 5.91 Å². The van der Waals surface area contributed by atoms with Gasteiger partial charge in [-0.05, 0) is 30.4 Å². The second-order valence-electron chi connectivity index (χ2n) is 6.93. The highest BCUT2D eigenvalue weighted by molar-refractivity contribution is 6.36. The quantitative estimate of drug-likeness (QED) is 0.876. The van der Waals surface area contributed by atoms with Gasteiger partial charge in [-0.2, -0.15) is 0 Å². The molecule has 2 aromatic rings. The highest BCUT2D eigenvalue weighted by Crippen LogP contribution is 2.37. The summed E-state index contributed by atoms with van der Waals surface area (Å²) in [6, 6.07) is 11.1. The van der Waals surface area contributed by atoms with Crippen molar-refractivity contribution >= 4 is 28.3 Å². The number of fused-ring (bicyclic) bond motifs is 1. The maximum atomic E-state index is 13.0. The van der Waals surface area contributed by atoms with Crippen molar-refractivity contribution in [1.29, 1.82) is 0 Å². The Balaban J connectivity index is 1.87. The molecule has 0 aromatic heterocycles. The number of halogens is 1. The SMILES string of the molecule is CCC[C@]1(CO)CCN(C(=O)c2cccc3c(Cl)cccc23)C[C@H]1O. The number of carbonyl (C=O) groups excluding carboxylic acids is 1. The molecule has 2 atom stereocenters. The van der Waals surface area contributed by atoms with Crippen molar-refractivity contribution in [2.75, 3.05) is 19.7 Å². The van der Waals surface area contributed by atoms with Crippen LogP contribution in [0.15, 0.2) is 36.4 Å². The predicted molar refractivity (Wildman–Crippen MR) is 99.9 cm³/mol. The Morgan fingerprint density at radius 3 is 2.68 bits per heavy atom. The van der Waals surface area contributed by atoms with Gasteiger partial charge in [0.15, 0.2) is 0 Å². The molecule has 0 saturated carbocycles. The second-order valence-corrected chi connectivity index (χ2v) is 7.34. The van der Waals surface area contributed by atoms with Crippen LogP contribution in [0.3, 0.4) is 0 Å². The Labute approximate surface area is 153 Å². The molecule has 1 amide bonds. The number of benzene rings is 2. The van der Waals surface area contributed by atoms with E-state index in [9.17, 15) is 15.0 Å². The van der Waals surface area contributed by atoms with Gasteiger partial charge in [-0.3, -0.25) is 4.79 Å². The van der Waals surface area contributed by atoms with E-state index in [0.29, 0.717) is 23.6 Å². The van der Waals surface area contributed by atoms with Gasteiger partial charge >= 0.3 is 0 Å². The first kappa shape index (κ1) is 18.2. The molecule has 5 heteroatoms. The van der Waals surface area contributed by atoms with Gasteiger partial charge in [-0.15, -0.1) is 0 Å². The van der Waals surface area contributed by atoms with Crippen LogP contribution in [0.25, 0.3) is 10.8 Å². The second kappa shape index (κ2) is 7.32. The number of piperidine rings is 1. The Hall–Kier alpha value is -1.62. The minimum atomic E-state index is -0.714. The lowest BCUT2D eigenvalue weighted by atomic mass is 9.73. The third kappa shape index (κ3) is 3.26. The van der Waals surface area contributed by atoms with E-state index in [1.165, 1.54) is 0 Å². The largest absolute Gasteiger partial charge is 0.396 e. The molecule has 1 aliphatic heterocycles. The van der Waals surface area contributed by atoms with Crippen LogP contribution in [0.2, 0.25) is 5.02 Å². The Morgan fingerprint density at radius 1 is 1.28 bits per heavy atom. The van der Waals surface area contributed by atoms with E-state index in [1.807, 2.05) is 37.3 Å². The summed E-state index contributed by atoms with van der Waals surface area (Å²) in [5, 5.41) is 22.7. The molecule has 0 aliphatic carbocycles. The summed E-state index contributed by atoms with van der Waals surface area (Å²) in [5.41, 5.74) is 0.104. The van der Waals surface area contributed by atoms with Crippen molar-refractivity contribution in [1.82, 2.24) is 4.90 Å². The monoisotopic (exact) mass is 361 g/mol. The molecule has 1 saturated heterocycles. The van der Waals surface area contributed by atoms with Gasteiger partial charge in [0.05, 0.1) is 12.7 Å². The molecule has 4 nitrogen and oxygen atoms in total. The number of hydrogen-bond acceptors (Lipinski definition) is 3. The van der Waals surface area contributed by atoms with E-state index in [2.05, 4.69) is 0 Å². The summed E-state index contributed by atoms with van der Waals surface area (Å²) in [5.74, 6) is -0.102. The van der Waals surface area contributed by atoms with Crippen LogP contribution < -0.4 is 0 Å². The fraction of sp³-hybridized carbons (Fsp3) is 0.450. The first-order valence-corrected chi connectivity index (χ1v) is 9.15. The molecule has 0 spiro atoms. The van der Waals surface area contributed by atoms with Gasteiger partial charge in [-0.25, -0.2) is 0 Å². The molecule has 2 aromatic carbocycles. The zero-order valence-corrected chi connectivity index (χ0v) is 15.2. The zero-order valence-electron chi connectivity index (χ0n) is 14.4. The average molecular weight is 362 g/mol. The first-order valence-electron chi connectivity index (χ1n) is 8.78. The van der Waals surface area contributed by atoms with E-state index in [1.54, 1.807) is 11.0 Å². The molecular formula is C20H24ClNO3. The Kier molecular flexibility index (Phi) is 5.32. The molecule has 3 rings (SSSR count). The smallest absolute Gasteiger partial charge is 0.254 e. The summed E-state index contributed by atoms with van der Waals surface area (Å²) in [4.78, 5) is 14.7. The van der Waals surface area contributed by atoms with Crippen LogP contribution in [0.4, 0.5) is 0 Å². The third-order valence-corrected chi connectivity index (χ3v) is 5.76. The van der Waals surface area contributed by atoms with Crippen LogP contribution in [-0.4, -0.2) is 46.8 Å². The molecule has 2 N–H and O–H groups in total. The normalized spacial score (nSPS) is 23.8. The number of aliphatic hydroxyl groups is 2. The van der Waals surface area contributed by atoms with Crippen molar-refractivity contribution in [2.45, 2.75) is 32.3 Å². The summed E-state index contributed by atoms with van der Waals surface area (Å²) >= 11 is 6.24. The highest BCUT2D eigenvalue weighted by Gasteiger charge is 2.42. The molecule has 0 bridgehead atoms. The van der Waals surface area contributed by atoms with Crippen LogP contribution in [0, 0.1) is 5.41 Å². The van der Waals surface area contributed by atoms with Crippen molar-refractivity contribution < 1.29 is 15.0 Å². The Bertz CT molecular complexity index is 779. The lowest BCUT2D eigenvalue weighted by Gasteiger charge is -2.44. The number of carbonyl (C=O) groups is 1. The van der Waals surface area contributed by atoms with Gasteiger partial charge in [0.2, 0.25) is 0 Å². The minimum Gasteiger partial charge on any atom is -0.396 e. The van der Waals surface area contributed by atoms with Crippen LogP contribution in [0.1, 0.15) is 36.5 Å². The summed E-state index contributed by atoms with van der Waals surface area (Å²) in [6.07, 6.45) is 1.55. The molecule has 0 unspecified atom stereocenters. The van der Waals surface area contributed by atoms with Crippen molar-refractivity contribution in [3.8, 4) is 0 Å². The maximum Gasteiger partial charge on any atom is 0.254 e. The van der Waals surface area contributed by atoms with Crippen LogP contribution in [-0.2, 0) is 0 Å². The molecule has 0 radical (unpaired) electrons. The molecular weight excluding hydrogens is 338 g/mol. The fourth-order valence-electron chi connectivity index (χ4n) is 3.88. The van der Waals surface area contributed by atoms with E-state index in [-0.39, 0.29) is 19.1 Å². The highest BCUT2D eigenvalue weighted by atomic mass is 35.5. The maximum absolute atomic E-state index is 13.0. The topological polar surface area (TPSA) is 60.8 Å². The number of hydrogen-bond donors (Lipinski definition) is 2. The number of nitrogens with zero attached hydrogens (tertiary/aromatic N) is 1. The number of amides is 1. The lowest BCUT2D eigenvalue weighted by molar-refractivity contribution is -0.0713. The summed E-state index contributed by atoms with van der Waals surface area (Å²) in [6.45, 7) is 2.78. The van der Waals surface area contributed by atoms with E-state index >= 15 is 0 Å². The Morgan fingerprint density at radius 2 is 2.00 bits per heavy atom. The molecule has 25 heavy (non-hydrogen) atoms. The minimum absolute atomic E-state index is 0.0477. The molecule has 1 aliphatic rings. The van der Waals surface area contributed by atoms with Gasteiger partial charge < -0.3 is 15.1 Å². The fourth-order valence-corrected chi connectivity index (χ4v) is 4.12. The van der Waals surface area contributed by atoms with E-state index in [4.69, 9.17) is 11.6 Å². The van der Waals surface area contributed by atoms with Crippen LogP contribution >= 0.6 is 11.6 Å².